The largest absolute Gasteiger partial charge is 0.349 e. The van der Waals surface area contributed by atoms with Gasteiger partial charge in [-0.2, -0.15) is 0 Å². The van der Waals surface area contributed by atoms with E-state index in [0.717, 1.165) is 45.6 Å². The van der Waals surface area contributed by atoms with Crippen LogP contribution in [0, 0.1) is 11.2 Å². The van der Waals surface area contributed by atoms with Crippen molar-refractivity contribution >= 4 is 5.91 Å². The molecule has 0 aromatic heterocycles. The molecule has 2 fully saturated rings. The fourth-order valence-corrected chi connectivity index (χ4v) is 3.65. The number of likely N-dealkylation sites (tertiary alicyclic amines) is 1. The Balaban J connectivity index is 1.45. The van der Waals surface area contributed by atoms with Crippen molar-refractivity contribution in [3.8, 4) is 0 Å². The van der Waals surface area contributed by atoms with E-state index in [9.17, 15) is 9.18 Å². The van der Waals surface area contributed by atoms with Crippen LogP contribution in [0.15, 0.2) is 24.3 Å². The molecule has 2 saturated heterocycles. The molecular weight excluding hydrogens is 293 g/mol. The zero-order chi connectivity index (χ0) is 16.3. The Bertz CT molecular complexity index is 532. The Labute approximate surface area is 137 Å². The van der Waals surface area contributed by atoms with Crippen LogP contribution >= 0.6 is 0 Å². The minimum Gasteiger partial charge on any atom is -0.349 e. The first-order valence-electron chi connectivity index (χ1n) is 8.54. The molecule has 1 aromatic carbocycles. The zero-order valence-corrected chi connectivity index (χ0v) is 13.8. The van der Waals surface area contributed by atoms with Crippen LogP contribution in [-0.4, -0.2) is 49.6 Å². The number of nitrogens with one attached hydrogen (secondary N) is 2. The standard InChI is InChI=1S/C18H26FN3O/c1-18(8-9-20-12-18)13-22-10-6-16(7-11-22)21-17(23)14-2-4-15(19)5-3-14/h2-5,16,20H,6-13H2,1H3,(H,21,23). The van der Waals surface area contributed by atoms with Crippen molar-refractivity contribution in [2.75, 3.05) is 32.7 Å². The van der Waals surface area contributed by atoms with E-state index in [1.807, 2.05) is 0 Å². The van der Waals surface area contributed by atoms with Crippen LogP contribution in [0.25, 0.3) is 0 Å². The van der Waals surface area contributed by atoms with Gasteiger partial charge in [0.05, 0.1) is 0 Å². The quantitative estimate of drug-likeness (QED) is 0.892. The molecule has 5 heteroatoms. The fraction of sp³-hybridized carbons (Fsp3) is 0.611. The molecule has 0 aliphatic carbocycles. The topological polar surface area (TPSA) is 44.4 Å². The van der Waals surface area contributed by atoms with Gasteiger partial charge in [-0.15, -0.1) is 0 Å². The molecule has 1 unspecified atom stereocenters. The van der Waals surface area contributed by atoms with Crippen LogP contribution in [0.4, 0.5) is 4.39 Å². The molecule has 1 amide bonds. The van der Waals surface area contributed by atoms with Crippen LogP contribution in [-0.2, 0) is 0 Å². The van der Waals surface area contributed by atoms with Crippen molar-refractivity contribution in [2.45, 2.75) is 32.2 Å². The lowest BCUT2D eigenvalue weighted by atomic mass is 9.88. The summed E-state index contributed by atoms with van der Waals surface area (Å²) in [7, 11) is 0. The first-order valence-corrected chi connectivity index (χ1v) is 8.54. The molecular formula is C18H26FN3O. The van der Waals surface area contributed by atoms with Crippen molar-refractivity contribution in [2.24, 2.45) is 5.41 Å². The van der Waals surface area contributed by atoms with E-state index in [0.29, 0.717) is 11.0 Å². The SMILES string of the molecule is CC1(CN2CCC(NC(=O)c3ccc(F)cc3)CC2)CCNC1. The van der Waals surface area contributed by atoms with Crippen molar-refractivity contribution in [3.63, 3.8) is 0 Å². The van der Waals surface area contributed by atoms with Gasteiger partial charge >= 0.3 is 0 Å². The highest BCUT2D eigenvalue weighted by atomic mass is 19.1. The van der Waals surface area contributed by atoms with E-state index in [-0.39, 0.29) is 17.8 Å². The summed E-state index contributed by atoms with van der Waals surface area (Å²) in [6.07, 6.45) is 3.21. The van der Waals surface area contributed by atoms with Gasteiger partial charge in [-0.3, -0.25) is 4.79 Å². The number of hydrogen-bond donors (Lipinski definition) is 2. The minimum absolute atomic E-state index is 0.101. The van der Waals surface area contributed by atoms with Crippen LogP contribution in [0.3, 0.4) is 0 Å². The number of halogens is 1. The number of carbonyl (C=O) groups excluding carboxylic acids is 1. The Morgan fingerprint density at radius 3 is 2.65 bits per heavy atom. The first kappa shape index (κ1) is 16.4. The summed E-state index contributed by atoms with van der Waals surface area (Å²) in [6.45, 7) is 7.79. The van der Waals surface area contributed by atoms with Gasteiger partial charge in [0.15, 0.2) is 0 Å². The van der Waals surface area contributed by atoms with Gasteiger partial charge in [0, 0.05) is 37.8 Å². The van der Waals surface area contributed by atoms with Gasteiger partial charge in [-0.1, -0.05) is 6.92 Å². The van der Waals surface area contributed by atoms with E-state index in [2.05, 4.69) is 22.5 Å². The summed E-state index contributed by atoms with van der Waals surface area (Å²) >= 11 is 0. The number of carbonyl (C=O) groups is 1. The number of nitrogens with zero attached hydrogens (tertiary/aromatic N) is 1. The molecule has 2 N–H and O–H groups in total. The molecule has 1 aromatic rings. The molecule has 2 aliphatic rings. The van der Waals surface area contributed by atoms with Gasteiger partial charge in [0.1, 0.15) is 5.82 Å². The average molecular weight is 319 g/mol. The predicted molar refractivity (Wildman–Crippen MR) is 88.9 cm³/mol. The van der Waals surface area contributed by atoms with Crippen LogP contribution in [0.2, 0.25) is 0 Å². The monoisotopic (exact) mass is 319 g/mol. The lowest BCUT2D eigenvalue weighted by Gasteiger charge is -2.37. The minimum atomic E-state index is -0.315. The van der Waals surface area contributed by atoms with Gasteiger partial charge in [0.2, 0.25) is 0 Å². The van der Waals surface area contributed by atoms with Crippen molar-refractivity contribution in [1.82, 2.24) is 15.5 Å². The molecule has 1 atom stereocenters. The van der Waals surface area contributed by atoms with Gasteiger partial charge in [0.25, 0.3) is 5.91 Å². The maximum Gasteiger partial charge on any atom is 0.251 e. The fourth-order valence-electron chi connectivity index (χ4n) is 3.65. The van der Waals surface area contributed by atoms with E-state index >= 15 is 0 Å². The molecule has 0 radical (unpaired) electrons. The smallest absolute Gasteiger partial charge is 0.251 e. The highest BCUT2D eigenvalue weighted by Crippen LogP contribution is 2.27. The van der Waals surface area contributed by atoms with E-state index in [1.165, 1.54) is 30.7 Å². The van der Waals surface area contributed by atoms with E-state index in [1.54, 1.807) is 0 Å². The molecule has 3 rings (SSSR count). The summed E-state index contributed by atoms with van der Waals surface area (Å²) in [5.74, 6) is -0.417. The second kappa shape index (κ2) is 6.97. The Hall–Kier alpha value is -1.46. The van der Waals surface area contributed by atoms with E-state index < -0.39 is 0 Å². The maximum atomic E-state index is 12.9. The number of hydrogen-bond acceptors (Lipinski definition) is 3. The molecule has 0 spiro atoms. The average Bonchev–Trinajstić information content (AvgIpc) is 2.96. The molecule has 0 bridgehead atoms. The van der Waals surface area contributed by atoms with E-state index in [4.69, 9.17) is 0 Å². The summed E-state index contributed by atoms with van der Waals surface area (Å²) in [6, 6.07) is 5.95. The number of piperidine rings is 1. The second-order valence-corrected chi connectivity index (χ2v) is 7.27. The van der Waals surface area contributed by atoms with Crippen LogP contribution in [0.5, 0.6) is 0 Å². The van der Waals surface area contributed by atoms with Crippen molar-refractivity contribution in [1.29, 1.82) is 0 Å². The third-order valence-electron chi connectivity index (χ3n) is 5.09. The summed E-state index contributed by atoms with van der Waals surface area (Å²) < 4.78 is 12.9. The van der Waals surface area contributed by atoms with Gasteiger partial charge in [-0.25, -0.2) is 4.39 Å². The third kappa shape index (κ3) is 4.30. The Morgan fingerprint density at radius 1 is 1.35 bits per heavy atom. The van der Waals surface area contributed by atoms with Crippen LogP contribution in [0.1, 0.15) is 36.5 Å². The number of rotatable bonds is 4. The molecule has 4 nitrogen and oxygen atoms in total. The lowest BCUT2D eigenvalue weighted by molar-refractivity contribution is 0.0891. The summed E-state index contributed by atoms with van der Waals surface area (Å²) in [5.41, 5.74) is 0.919. The normalized spacial score (nSPS) is 26.3. The van der Waals surface area contributed by atoms with Gasteiger partial charge < -0.3 is 15.5 Å². The highest BCUT2D eigenvalue weighted by molar-refractivity contribution is 5.94. The third-order valence-corrected chi connectivity index (χ3v) is 5.09. The summed E-state index contributed by atoms with van der Waals surface area (Å²) in [4.78, 5) is 14.7. The van der Waals surface area contributed by atoms with Gasteiger partial charge in [-0.05, 0) is 55.5 Å². The van der Waals surface area contributed by atoms with Crippen molar-refractivity contribution in [3.05, 3.63) is 35.6 Å². The summed E-state index contributed by atoms with van der Waals surface area (Å²) in [5, 5.41) is 6.53. The number of benzene rings is 1. The Morgan fingerprint density at radius 2 is 2.04 bits per heavy atom. The molecule has 23 heavy (non-hydrogen) atoms. The maximum absolute atomic E-state index is 12.9. The number of amides is 1. The molecule has 2 heterocycles. The Kier molecular flexibility index (Phi) is 4.97. The molecule has 2 aliphatic heterocycles. The predicted octanol–water partition coefficient (Wildman–Crippen LogP) is 2.02. The zero-order valence-electron chi connectivity index (χ0n) is 13.8. The van der Waals surface area contributed by atoms with Crippen molar-refractivity contribution < 1.29 is 9.18 Å². The lowest BCUT2D eigenvalue weighted by Crippen LogP contribution is -2.47. The highest BCUT2D eigenvalue weighted by Gasteiger charge is 2.32. The molecule has 126 valence electrons. The van der Waals surface area contributed by atoms with Crippen LogP contribution < -0.4 is 10.6 Å². The molecule has 0 saturated carbocycles. The first-order chi connectivity index (χ1) is 11.0. The second-order valence-electron chi connectivity index (χ2n) is 7.27.